The molecule has 1 aliphatic rings. The van der Waals surface area contributed by atoms with Crippen LogP contribution >= 0.6 is 0 Å². The molecule has 90 valence electrons. The fourth-order valence-corrected chi connectivity index (χ4v) is 2.21. The van der Waals surface area contributed by atoms with Crippen LogP contribution in [0.1, 0.15) is 27.7 Å². The van der Waals surface area contributed by atoms with Crippen LogP contribution in [0.2, 0.25) is 0 Å². The summed E-state index contributed by atoms with van der Waals surface area (Å²) in [5.74, 6) is -0.253. The maximum absolute atomic E-state index is 11.8. The summed E-state index contributed by atoms with van der Waals surface area (Å²) in [5.41, 5.74) is 3.48. The second kappa shape index (κ2) is 4.18. The highest BCUT2D eigenvalue weighted by atomic mass is 16.6. The molecule has 0 spiro atoms. The van der Waals surface area contributed by atoms with Crippen molar-refractivity contribution in [2.24, 2.45) is 0 Å². The number of benzene rings is 2. The molecule has 1 N–H and O–H groups in total. The van der Waals surface area contributed by atoms with E-state index in [1.165, 1.54) is 0 Å². The molecule has 0 fully saturated rings. The van der Waals surface area contributed by atoms with Crippen LogP contribution in [-0.4, -0.2) is 5.97 Å². The fraction of sp³-hybridized carbons (Fsp3) is 0.133. The number of anilines is 1. The van der Waals surface area contributed by atoms with Gasteiger partial charge in [0.1, 0.15) is 0 Å². The van der Waals surface area contributed by atoms with Gasteiger partial charge in [0, 0.05) is 11.3 Å². The molecule has 1 unspecified atom stereocenters. The zero-order valence-corrected chi connectivity index (χ0v) is 10.0. The van der Waals surface area contributed by atoms with Gasteiger partial charge in [0.05, 0.1) is 5.56 Å². The molecular formula is C15H13NO2. The van der Waals surface area contributed by atoms with Crippen molar-refractivity contribution in [3.05, 3.63) is 65.2 Å². The molecule has 0 bridgehead atoms. The number of esters is 1. The Morgan fingerprint density at radius 3 is 2.61 bits per heavy atom. The third-order valence-electron chi connectivity index (χ3n) is 3.09. The predicted molar refractivity (Wildman–Crippen MR) is 69.4 cm³/mol. The summed E-state index contributed by atoms with van der Waals surface area (Å²) in [7, 11) is 0. The van der Waals surface area contributed by atoms with Gasteiger partial charge < -0.3 is 10.1 Å². The Labute approximate surface area is 105 Å². The summed E-state index contributed by atoms with van der Waals surface area (Å²) >= 11 is 0. The summed E-state index contributed by atoms with van der Waals surface area (Å²) in [4.78, 5) is 11.8. The summed E-state index contributed by atoms with van der Waals surface area (Å²) in [6.45, 7) is 1.92. The summed E-state index contributed by atoms with van der Waals surface area (Å²) in [5, 5.41) is 3.21. The second-order valence-electron chi connectivity index (χ2n) is 4.33. The number of carbonyl (C=O) groups is 1. The van der Waals surface area contributed by atoms with Crippen molar-refractivity contribution in [1.29, 1.82) is 0 Å². The van der Waals surface area contributed by atoms with Crippen LogP contribution in [0.4, 0.5) is 5.69 Å². The maximum atomic E-state index is 11.8. The lowest BCUT2D eigenvalue weighted by atomic mass is 10.0. The minimum Gasteiger partial charge on any atom is -0.434 e. The van der Waals surface area contributed by atoms with Crippen molar-refractivity contribution in [3.8, 4) is 0 Å². The Bertz CT molecular complexity index is 593. The number of carbonyl (C=O) groups excluding carboxylic acids is 1. The number of nitrogens with one attached hydrogen (secondary N) is 1. The smallest absolute Gasteiger partial charge is 0.341 e. The highest BCUT2D eigenvalue weighted by molar-refractivity contribution is 5.95. The molecule has 3 nitrogen and oxygen atoms in total. The zero-order chi connectivity index (χ0) is 12.5. The molecule has 0 radical (unpaired) electrons. The van der Waals surface area contributed by atoms with Crippen LogP contribution in [0.5, 0.6) is 0 Å². The molecule has 3 heteroatoms. The molecule has 1 atom stereocenters. The predicted octanol–water partition coefficient (Wildman–Crippen LogP) is 3.28. The number of hydrogen-bond acceptors (Lipinski definition) is 3. The molecule has 0 saturated heterocycles. The van der Waals surface area contributed by atoms with Crippen molar-refractivity contribution in [2.75, 3.05) is 5.32 Å². The van der Waals surface area contributed by atoms with Gasteiger partial charge in [-0.15, -0.1) is 0 Å². The van der Waals surface area contributed by atoms with Gasteiger partial charge in [0.25, 0.3) is 0 Å². The van der Waals surface area contributed by atoms with Crippen molar-refractivity contribution >= 4 is 11.7 Å². The van der Waals surface area contributed by atoms with Crippen LogP contribution in [0.25, 0.3) is 0 Å². The van der Waals surface area contributed by atoms with Crippen molar-refractivity contribution in [1.82, 2.24) is 0 Å². The first-order valence-electron chi connectivity index (χ1n) is 5.88. The number of para-hydroxylation sites is 1. The van der Waals surface area contributed by atoms with Gasteiger partial charge in [-0.3, -0.25) is 0 Å². The first-order valence-corrected chi connectivity index (χ1v) is 5.88. The van der Waals surface area contributed by atoms with E-state index in [0.717, 1.165) is 16.8 Å². The Morgan fingerprint density at radius 1 is 1.06 bits per heavy atom. The first-order chi connectivity index (χ1) is 8.75. The van der Waals surface area contributed by atoms with E-state index in [1.54, 1.807) is 0 Å². The normalized spacial score (nSPS) is 17.2. The minimum atomic E-state index is -0.394. The molecule has 0 amide bonds. The third kappa shape index (κ3) is 1.74. The van der Waals surface area contributed by atoms with Gasteiger partial charge in [-0.1, -0.05) is 36.4 Å². The Morgan fingerprint density at radius 2 is 1.83 bits per heavy atom. The Balaban J connectivity index is 1.94. The number of hydrogen-bond donors (Lipinski definition) is 1. The molecule has 1 heterocycles. The zero-order valence-electron chi connectivity index (χ0n) is 10.0. The number of cyclic esters (lactones) is 1. The quantitative estimate of drug-likeness (QED) is 0.817. The van der Waals surface area contributed by atoms with Gasteiger partial charge in [0.15, 0.2) is 0 Å². The molecule has 18 heavy (non-hydrogen) atoms. The SMILES string of the molecule is Cc1cccc2c1C(=O)OC2Nc1ccccc1. The summed E-state index contributed by atoms with van der Waals surface area (Å²) in [6, 6.07) is 15.5. The van der Waals surface area contributed by atoms with Crippen LogP contribution in [0.15, 0.2) is 48.5 Å². The third-order valence-corrected chi connectivity index (χ3v) is 3.09. The number of fused-ring (bicyclic) bond motifs is 1. The number of rotatable bonds is 2. The molecule has 0 aliphatic carbocycles. The van der Waals surface area contributed by atoms with Crippen LogP contribution in [0.3, 0.4) is 0 Å². The largest absolute Gasteiger partial charge is 0.434 e. The minimum absolute atomic E-state index is 0.253. The molecule has 0 saturated carbocycles. The summed E-state index contributed by atoms with van der Waals surface area (Å²) < 4.78 is 5.37. The van der Waals surface area contributed by atoms with Gasteiger partial charge in [-0.25, -0.2) is 4.79 Å². The summed E-state index contributed by atoms with van der Waals surface area (Å²) in [6.07, 6.45) is -0.394. The maximum Gasteiger partial charge on any atom is 0.341 e. The van der Waals surface area contributed by atoms with E-state index < -0.39 is 6.23 Å². The standard InChI is InChI=1S/C15H13NO2/c1-10-6-5-9-12-13(10)15(17)18-14(12)16-11-7-3-2-4-8-11/h2-9,14,16H,1H3. The Hall–Kier alpha value is -2.29. The van der Waals surface area contributed by atoms with Crippen LogP contribution in [0, 0.1) is 6.92 Å². The number of ether oxygens (including phenoxy) is 1. The van der Waals surface area contributed by atoms with Gasteiger partial charge in [-0.2, -0.15) is 0 Å². The van der Waals surface area contributed by atoms with Crippen LogP contribution in [-0.2, 0) is 4.74 Å². The average molecular weight is 239 g/mol. The fourth-order valence-electron chi connectivity index (χ4n) is 2.21. The lowest BCUT2D eigenvalue weighted by molar-refractivity contribution is 0.0437. The van der Waals surface area contributed by atoms with Crippen molar-refractivity contribution in [2.45, 2.75) is 13.2 Å². The number of aryl methyl sites for hydroxylation is 1. The average Bonchev–Trinajstić information content (AvgIpc) is 2.69. The molecule has 2 aromatic carbocycles. The lowest BCUT2D eigenvalue weighted by Crippen LogP contribution is -2.09. The van der Waals surface area contributed by atoms with Crippen molar-refractivity contribution < 1.29 is 9.53 Å². The highest BCUT2D eigenvalue weighted by Gasteiger charge is 2.31. The van der Waals surface area contributed by atoms with E-state index in [4.69, 9.17) is 4.74 Å². The highest BCUT2D eigenvalue weighted by Crippen LogP contribution is 2.33. The van der Waals surface area contributed by atoms with Gasteiger partial charge >= 0.3 is 5.97 Å². The first kappa shape index (κ1) is 10.8. The van der Waals surface area contributed by atoms with E-state index in [9.17, 15) is 4.79 Å². The molecule has 1 aliphatic heterocycles. The van der Waals surface area contributed by atoms with Gasteiger partial charge in [-0.05, 0) is 24.6 Å². The van der Waals surface area contributed by atoms with E-state index >= 15 is 0 Å². The van der Waals surface area contributed by atoms with E-state index in [2.05, 4.69) is 5.32 Å². The van der Waals surface area contributed by atoms with Crippen molar-refractivity contribution in [3.63, 3.8) is 0 Å². The molecule has 3 rings (SSSR count). The van der Waals surface area contributed by atoms with Crippen LogP contribution < -0.4 is 5.32 Å². The van der Waals surface area contributed by atoms with E-state index in [-0.39, 0.29) is 5.97 Å². The Kier molecular flexibility index (Phi) is 2.52. The molecular weight excluding hydrogens is 226 g/mol. The second-order valence-corrected chi connectivity index (χ2v) is 4.33. The molecule has 2 aromatic rings. The lowest BCUT2D eigenvalue weighted by Gasteiger charge is -2.14. The topological polar surface area (TPSA) is 38.3 Å². The van der Waals surface area contributed by atoms with Gasteiger partial charge in [0.2, 0.25) is 6.23 Å². The van der Waals surface area contributed by atoms with E-state index in [1.807, 2.05) is 55.5 Å². The monoisotopic (exact) mass is 239 g/mol. The molecule has 0 aromatic heterocycles. The van der Waals surface area contributed by atoms with E-state index in [0.29, 0.717) is 5.56 Å².